The van der Waals surface area contributed by atoms with E-state index in [0.29, 0.717) is 6.61 Å². The maximum atomic E-state index is 6.16. The lowest BCUT2D eigenvalue weighted by atomic mass is 9.95. The van der Waals surface area contributed by atoms with Crippen LogP contribution in [0.15, 0.2) is 182 Å². The molecule has 1 aliphatic rings. The summed E-state index contributed by atoms with van der Waals surface area (Å²) < 4.78 is 11.0. The van der Waals surface area contributed by atoms with Gasteiger partial charge < -0.3 is 13.9 Å². The fourth-order valence-corrected chi connectivity index (χ4v) is 8.44. The summed E-state index contributed by atoms with van der Waals surface area (Å²) in [5.41, 5.74) is 15.5. The van der Waals surface area contributed by atoms with E-state index in [1.54, 1.807) is 0 Å². The minimum Gasteiger partial charge on any atom is -0.488 e. The van der Waals surface area contributed by atoms with E-state index in [9.17, 15) is 0 Å². The van der Waals surface area contributed by atoms with Gasteiger partial charge in [0.25, 0.3) is 0 Å². The molecule has 52 heavy (non-hydrogen) atoms. The number of hydrogen-bond donors (Lipinski definition) is 0. The normalized spacial score (nSPS) is 12.3. The van der Waals surface area contributed by atoms with Gasteiger partial charge in [0.2, 0.25) is 0 Å². The van der Waals surface area contributed by atoms with Gasteiger partial charge in [0.1, 0.15) is 12.4 Å². The highest BCUT2D eigenvalue weighted by atomic mass is 16.5. The maximum absolute atomic E-state index is 6.16. The van der Waals surface area contributed by atoms with Crippen molar-refractivity contribution in [1.82, 2.24) is 9.13 Å². The number of para-hydroxylation sites is 3. The van der Waals surface area contributed by atoms with E-state index in [1.165, 1.54) is 82.7 Å². The van der Waals surface area contributed by atoms with Crippen molar-refractivity contribution in [2.45, 2.75) is 6.61 Å². The molecule has 8 aromatic carbocycles. The quantitative estimate of drug-likeness (QED) is 0.183. The van der Waals surface area contributed by atoms with Crippen LogP contribution in [0, 0.1) is 0 Å². The second kappa shape index (κ2) is 11.3. The van der Waals surface area contributed by atoms with Crippen LogP contribution in [0.4, 0.5) is 0 Å². The van der Waals surface area contributed by atoms with Crippen LogP contribution in [0.2, 0.25) is 0 Å². The first-order valence-electron chi connectivity index (χ1n) is 17.9. The van der Waals surface area contributed by atoms with E-state index >= 15 is 0 Å². The first-order valence-corrected chi connectivity index (χ1v) is 17.9. The lowest BCUT2D eigenvalue weighted by Crippen LogP contribution is -2.08. The highest BCUT2D eigenvalue weighted by molar-refractivity contribution is 6.13. The lowest BCUT2D eigenvalue weighted by Gasteiger charge is -2.24. The summed E-state index contributed by atoms with van der Waals surface area (Å²) in [5, 5.41) is 4.98. The van der Waals surface area contributed by atoms with Gasteiger partial charge in [-0.3, -0.25) is 0 Å². The Morgan fingerprint density at radius 3 is 1.83 bits per heavy atom. The molecule has 1 aliphatic heterocycles. The van der Waals surface area contributed by atoms with Gasteiger partial charge in [0.15, 0.2) is 0 Å². The topological polar surface area (TPSA) is 19.1 Å². The van der Waals surface area contributed by atoms with Crippen molar-refractivity contribution in [2.75, 3.05) is 0 Å². The molecule has 0 atom stereocenters. The van der Waals surface area contributed by atoms with Crippen LogP contribution in [0.5, 0.6) is 5.75 Å². The van der Waals surface area contributed by atoms with E-state index < -0.39 is 0 Å². The van der Waals surface area contributed by atoms with Gasteiger partial charge in [0.05, 0.1) is 27.8 Å². The predicted octanol–water partition coefficient (Wildman–Crippen LogP) is 12.8. The third-order valence-corrected chi connectivity index (χ3v) is 10.8. The van der Waals surface area contributed by atoms with Crippen LogP contribution in [0.25, 0.3) is 88.4 Å². The molecule has 0 unspecified atom stereocenters. The zero-order chi connectivity index (χ0) is 34.2. The number of benzene rings is 8. The van der Waals surface area contributed by atoms with Crippen LogP contribution in [-0.2, 0) is 6.61 Å². The molecule has 0 aliphatic carbocycles. The Balaban J connectivity index is 1.12. The summed E-state index contributed by atoms with van der Waals surface area (Å²) in [6.45, 7) is 0.567. The van der Waals surface area contributed by atoms with Crippen LogP contribution >= 0.6 is 0 Å². The largest absolute Gasteiger partial charge is 0.488 e. The van der Waals surface area contributed by atoms with Gasteiger partial charge in [-0.1, -0.05) is 121 Å². The SMILES string of the molecule is c1ccc(-c2ccc3c(c2)c2ccc(-c4ccc5c(c4)c4ccccc4n5-c4cccc5c4-c4ccccc4OC5)cc2n3-c2ccccc2)cc1. The van der Waals surface area contributed by atoms with E-state index in [1.807, 2.05) is 6.07 Å². The smallest absolute Gasteiger partial charge is 0.127 e. The summed E-state index contributed by atoms with van der Waals surface area (Å²) in [6.07, 6.45) is 0. The number of rotatable bonds is 4. The Kier molecular flexibility index (Phi) is 6.31. The number of aromatic nitrogens is 2. The molecule has 0 fully saturated rings. The minimum atomic E-state index is 0.567. The fraction of sp³-hybridized carbons (Fsp3) is 0.0204. The molecular formula is C49H32N2O. The summed E-state index contributed by atoms with van der Waals surface area (Å²) >= 11 is 0. The Morgan fingerprint density at radius 1 is 0.385 bits per heavy atom. The van der Waals surface area contributed by atoms with Crippen molar-refractivity contribution in [1.29, 1.82) is 0 Å². The standard InChI is InChI=1S/C49H32N2O/c1-3-12-32(13-4-1)33-23-26-44-42(28-33)39-25-22-35(30-47(39)50(44)37-15-5-2-6-16-37)34-24-27-45-41(29-34)38-17-7-9-19-43(38)51(45)46-20-11-14-36-31-52-48-21-10-8-18-40(48)49(36)46/h1-30H,31H2. The van der Waals surface area contributed by atoms with Crippen LogP contribution in [0.3, 0.4) is 0 Å². The van der Waals surface area contributed by atoms with E-state index in [0.717, 1.165) is 17.0 Å². The predicted molar refractivity (Wildman–Crippen MR) is 216 cm³/mol. The van der Waals surface area contributed by atoms with Crippen molar-refractivity contribution in [3.05, 3.63) is 188 Å². The Labute approximate surface area is 301 Å². The van der Waals surface area contributed by atoms with Gasteiger partial charge in [-0.05, 0) is 88.5 Å². The first kappa shape index (κ1) is 28.9. The lowest BCUT2D eigenvalue weighted by molar-refractivity contribution is 0.302. The van der Waals surface area contributed by atoms with Gasteiger partial charge in [-0.15, -0.1) is 0 Å². The van der Waals surface area contributed by atoms with Crippen molar-refractivity contribution in [3.8, 4) is 50.5 Å². The molecule has 11 rings (SSSR count). The number of ether oxygens (including phenoxy) is 1. The molecule has 0 saturated heterocycles. The van der Waals surface area contributed by atoms with E-state index in [2.05, 4.69) is 185 Å². The molecule has 0 saturated carbocycles. The average molecular weight is 665 g/mol. The molecule has 2 aromatic heterocycles. The molecule has 0 bridgehead atoms. The zero-order valence-corrected chi connectivity index (χ0v) is 28.3. The summed E-state index contributed by atoms with van der Waals surface area (Å²) in [5.74, 6) is 0.935. The third-order valence-electron chi connectivity index (χ3n) is 10.8. The monoisotopic (exact) mass is 664 g/mol. The minimum absolute atomic E-state index is 0.567. The zero-order valence-electron chi connectivity index (χ0n) is 28.3. The molecule has 0 N–H and O–H groups in total. The molecule has 0 amide bonds. The van der Waals surface area contributed by atoms with Gasteiger partial charge in [-0.2, -0.15) is 0 Å². The Hall–Kier alpha value is -6.84. The van der Waals surface area contributed by atoms with Gasteiger partial charge >= 0.3 is 0 Å². The van der Waals surface area contributed by atoms with Crippen LogP contribution in [-0.4, -0.2) is 9.13 Å². The van der Waals surface area contributed by atoms with E-state index in [-0.39, 0.29) is 0 Å². The molecule has 0 radical (unpaired) electrons. The number of nitrogens with zero attached hydrogens (tertiary/aromatic N) is 2. The fourth-order valence-electron chi connectivity index (χ4n) is 8.44. The average Bonchev–Trinajstić information content (AvgIpc) is 3.73. The highest BCUT2D eigenvalue weighted by Gasteiger charge is 2.23. The summed E-state index contributed by atoms with van der Waals surface area (Å²) in [4.78, 5) is 0. The molecule has 3 nitrogen and oxygen atoms in total. The molecule has 3 heteroatoms. The second-order valence-electron chi connectivity index (χ2n) is 13.7. The summed E-state index contributed by atoms with van der Waals surface area (Å²) in [6, 6.07) is 66.0. The molecular weight excluding hydrogens is 633 g/mol. The van der Waals surface area contributed by atoms with E-state index in [4.69, 9.17) is 4.74 Å². The van der Waals surface area contributed by atoms with Crippen LogP contribution < -0.4 is 4.74 Å². The van der Waals surface area contributed by atoms with Crippen molar-refractivity contribution >= 4 is 43.6 Å². The Morgan fingerprint density at radius 2 is 1.00 bits per heavy atom. The summed E-state index contributed by atoms with van der Waals surface area (Å²) in [7, 11) is 0. The highest BCUT2D eigenvalue weighted by Crippen LogP contribution is 2.44. The molecule has 3 heterocycles. The molecule has 10 aromatic rings. The molecule has 0 spiro atoms. The number of fused-ring (bicyclic) bond motifs is 9. The van der Waals surface area contributed by atoms with Crippen molar-refractivity contribution in [2.24, 2.45) is 0 Å². The second-order valence-corrected chi connectivity index (χ2v) is 13.7. The van der Waals surface area contributed by atoms with Crippen molar-refractivity contribution < 1.29 is 4.74 Å². The molecule has 244 valence electrons. The maximum Gasteiger partial charge on any atom is 0.127 e. The number of hydrogen-bond acceptors (Lipinski definition) is 1. The van der Waals surface area contributed by atoms with Gasteiger partial charge in [0, 0.05) is 38.4 Å². The van der Waals surface area contributed by atoms with Gasteiger partial charge in [-0.25, -0.2) is 0 Å². The Bertz CT molecular complexity index is 3010. The first-order chi connectivity index (χ1) is 25.8. The van der Waals surface area contributed by atoms with Crippen molar-refractivity contribution in [3.63, 3.8) is 0 Å². The van der Waals surface area contributed by atoms with Crippen LogP contribution in [0.1, 0.15) is 5.56 Å². The third kappa shape index (κ3) is 4.33.